The van der Waals surface area contributed by atoms with E-state index in [9.17, 15) is 59.6 Å². The molecule has 0 N–H and O–H groups in total. The molecule has 2 fully saturated rings. The number of fused-ring (bicyclic) bond motifs is 1. The molecular weight excluding hydrogens is 695 g/mol. The number of nitrogens with zero attached hydrogens (tertiary/aromatic N) is 6. The molecule has 2 rings (SSSR count). The van der Waals surface area contributed by atoms with Gasteiger partial charge in [0.15, 0.2) is 17.9 Å². The van der Waals surface area contributed by atoms with Crippen LogP contribution in [-0.2, 0) is 14.2 Å². The molecule has 0 aliphatic carbocycles. The van der Waals surface area contributed by atoms with E-state index < -0.39 is 104 Å². The number of urea groups is 2. The molecule has 0 aromatic heterocycles. The maximum absolute atomic E-state index is 14.5. The fourth-order valence-electron chi connectivity index (χ4n) is 6.39. The summed E-state index contributed by atoms with van der Waals surface area (Å²) in [5.41, 5.74) is -7.79. The van der Waals surface area contributed by atoms with Crippen LogP contribution in [-0.4, -0.2) is 108 Å². The second kappa shape index (κ2) is 16.0. The quantitative estimate of drug-likeness (QED) is 0.147. The third-order valence-corrected chi connectivity index (χ3v) is 9.74. The van der Waals surface area contributed by atoms with Gasteiger partial charge in [-0.2, -0.15) is 50.0 Å². The summed E-state index contributed by atoms with van der Waals surface area (Å²) in [7, 11) is 1.09. The molecule has 2 heterocycles. The molecule has 20 heteroatoms. The Kier molecular flexibility index (Phi) is 13.7. The number of likely N-dealkylation sites (N-methyl/N-ethyl adjacent to an activating group) is 1. The summed E-state index contributed by atoms with van der Waals surface area (Å²) in [5.74, 6) is -5.63. The van der Waals surface area contributed by atoms with Gasteiger partial charge in [-0.05, 0) is 45.4 Å². The van der Waals surface area contributed by atoms with E-state index in [2.05, 4.69) is 0 Å². The second-order valence-corrected chi connectivity index (χ2v) is 12.6. The van der Waals surface area contributed by atoms with Gasteiger partial charge in [-0.3, -0.25) is 14.7 Å². The van der Waals surface area contributed by atoms with Gasteiger partial charge in [0.25, 0.3) is 5.60 Å². The first-order chi connectivity index (χ1) is 23.0. The molecule has 4 amide bonds. The highest BCUT2D eigenvalue weighted by molar-refractivity contribution is 5.85. The van der Waals surface area contributed by atoms with Crippen molar-refractivity contribution in [1.29, 1.82) is 10.5 Å². The first kappa shape index (κ1) is 42.9. The highest BCUT2D eigenvalue weighted by Crippen LogP contribution is 2.52. The van der Waals surface area contributed by atoms with Crippen molar-refractivity contribution < 1.29 is 63.3 Å². The van der Waals surface area contributed by atoms with Crippen LogP contribution in [0.1, 0.15) is 67.2 Å². The average molecular weight is 739 g/mol. The number of hydrogen-bond acceptors (Lipinski definition) is 7. The molecule has 7 unspecified atom stereocenters. The molecule has 7 atom stereocenters. The summed E-state index contributed by atoms with van der Waals surface area (Å²) in [4.78, 5) is 30.0. The average Bonchev–Trinajstić information content (AvgIpc) is 3.43. The predicted octanol–water partition coefficient (Wildman–Crippen LogP) is 7.02. The summed E-state index contributed by atoms with van der Waals surface area (Å²) in [6.07, 6.45) is -21.3. The maximum atomic E-state index is 14.5. The molecule has 0 aromatic rings. The number of amides is 4. The maximum Gasteiger partial charge on any atom is 0.426 e. The summed E-state index contributed by atoms with van der Waals surface area (Å²) in [6.45, 7) is 3.25. The van der Waals surface area contributed by atoms with E-state index in [1.54, 1.807) is 13.0 Å². The molecule has 0 aromatic carbocycles. The Morgan fingerprint density at radius 2 is 1.08 bits per heavy atom. The van der Waals surface area contributed by atoms with Crippen LogP contribution >= 0.6 is 0 Å². The zero-order chi connectivity index (χ0) is 38.6. The Hall–Kier alpha value is -3.23. The minimum atomic E-state index is -6.09. The standard InChI is InChI=1S/C30H43F9N6O5/c1-8-20(13-40)11-18(4)26(6,28(31,32)33)49-16-44-22-23(43(15-48-7)25(44)47)45(24(46)42(22)10-3)17-50-27(29(34,35)36,30(37,38)39)19(5)12-21(9-2)14-41/h18-23H,8-12,15-17H2,1-7H3. The number of hydrogen-bond donors (Lipinski definition) is 0. The molecule has 286 valence electrons. The zero-order valence-electron chi connectivity index (χ0n) is 28.7. The lowest BCUT2D eigenvalue weighted by molar-refractivity contribution is -0.402. The van der Waals surface area contributed by atoms with Crippen LogP contribution in [0.3, 0.4) is 0 Å². The smallest absolute Gasteiger partial charge is 0.364 e. The van der Waals surface area contributed by atoms with Crippen molar-refractivity contribution >= 4 is 12.1 Å². The van der Waals surface area contributed by atoms with Gasteiger partial charge in [0.2, 0.25) is 0 Å². The van der Waals surface area contributed by atoms with Gasteiger partial charge < -0.3 is 19.1 Å². The molecule has 0 radical (unpaired) electrons. The predicted molar refractivity (Wildman–Crippen MR) is 156 cm³/mol. The summed E-state index contributed by atoms with van der Waals surface area (Å²) in [5, 5.41) is 18.6. The number of nitriles is 2. The van der Waals surface area contributed by atoms with E-state index in [1.807, 2.05) is 6.07 Å². The topological polar surface area (TPSA) is 122 Å². The van der Waals surface area contributed by atoms with E-state index in [1.165, 1.54) is 20.8 Å². The van der Waals surface area contributed by atoms with Gasteiger partial charge in [0.05, 0.1) is 12.1 Å². The van der Waals surface area contributed by atoms with Crippen molar-refractivity contribution in [1.82, 2.24) is 19.6 Å². The molecule has 50 heavy (non-hydrogen) atoms. The zero-order valence-corrected chi connectivity index (χ0v) is 28.7. The molecule has 0 spiro atoms. The van der Waals surface area contributed by atoms with Crippen LogP contribution in [0.15, 0.2) is 0 Å². The van der Waals surface area contributed by atoms with E-state index in [4.69, 9.17) is 14.2 Å². The molecular formula is C30H43F9N6O5. The fraction of sp³-hybridized carbons (Fsp3) is 0.867. The molecule has 2 aliphatic heterocycles. The highest BCUT2D eigenvalue weighted by atomic mass is 19.4. The third kappa shape index (κ3) is 7.81. The monoisotopic (exact) mass is 738 g/mol. The summed E-state index contributed by atoms with van der Waals surface area (Å²) < 4.78 is 146. The van der Waals surface area contributed by atoms with Gasteiger partial charge in [-0.15, -0.1) is 0 Å². The number of ether oxygens (including phenoxy) is 3. The number of alkyl halides is 9. The largest absolute Gasteiger partial charge is 0.426 e. The van der Waals surface area contributed by atoms with Crippen LogP contribution in [0, 0.1) is 46.3 Å². The van der Waals surface area contributed by atoms with Crippen molar-refractivity contribution in [3.63, 3.8) is 0 Å². The highest BCUT2D eigenvalue weighted by Gasteiger charge is 2.75. The fourth-order valence-corrected chi connectivity index (χ4v) is 6.39. The number of halogens is 9. The lowest BCUT2D eigenvalue weighted by Gasteiger charge is -2.43. The Bertz CT molecular complexity index is 1260. The van der Waals surface area contributed by atoms with Crippen molar-refractivity contribution in [3.05, 3.63) is 0 Å². The normalized spacial score (nSPS) is 22.6. The van der Waals surface area contributed by atoms with Gasteiger partial charge in [0, 0.05) is 31.4 Å². The lowest BCUT2D eigenvalue weighted by atomic mass is 9.80. The molecule has 0 saturated carbocycles. The van der Waals surface area contributed by atoms with E-state index >= 15 is 0 Å². The van der Waals surface area contributed by atoms with Gasteiger partial charge in [0.1, 0.15) is 20.2 Å². The Balaban J connectivity index is 2.58. The number of carbonyl (C=O) groups excluding carboxylic acids is 2. The van der Waals surface area contributed by atoms with Gasteiger partial charge in [-0.25, -0.2) is 9.59 Å². The van der Waals surface area contributed by atoms with Crippen LogP contribution < -0.4 is 0 Å². The first-order valence-electron chi connectivity index (χ1n) is 15.9. The van der Waals surface area contributed by atoms with Crippen molar-refractivity contribution in [2.45, 2.75) is 109 Å². The van der Waals surface area contributed by atoms with E-state index in [0.717, 1.165) is 23.8 Å². The third-order valence-electron chi connectivity index (χ3n) is 9.74. The Morgan fingerprint density at radius 3 is 1.46 bits per heavy atom. The van der Waals surface area contributed by atoms with E-state index in [0.29, 0.717) is 16.7 Å². The minimum Gasteiger partial charge on any atom is -0.364 e. The number of methoxy groups -OCH3 is 1. The number of carbonyl (C=O) groups is 2. The summed E-state index contributed by atoms with van der Waals surface area (Å²) >= 11 is 0. The molecule has 11 nitrogen and oxygen atoms in total. The molecule has 0 bridgehead atoms. The first-order valence-corrected chi connectivity index (χ1v) is 15.9. The minimum absolute atomic E-state index is 0.0534. The van der Waals surface area contributed by atoms with Crippen molar-refractivity contribution in [2.75, 3.05) is 33.8 Å². The second-order valence-electron chi connectivity index (χ2n) is 12.6. The summed E-state index contributed by atoms with van der Waals surface area (Å²) in [6, 6.07) is 1.32. The number of rotatable bonds is 17. The Labute approximate surface area is 284 Å². The van der Waals surface area contributed by atoms with Gasteiger partial charge in [-0.1, -0.05) is 27.7 Å². The van der Waals surface area contributed by atoms with Crippen molar-refractivity contribution in [2.24, 2.45) is 23.7 Å². The van der Waals surface area contributed by atoms with Crippen LogP contribution in [0.25, 0.3) is 0 Å². The SMILES string of the molecule is CCC(C#N)CC(C)C(C)(OCN1C(=O)N(COC)C2C1N(CC)C(=O)N2COC(C(C)CC(C#N)CC)(C(F)(F)F)C(F)(F)F)C(F)(F)F. The van der Waals surface area contributed by atoms with Crippen LogP contribution in [0.4, 0.5) is 49.1 Å². The lowest BCUT2D eigenvalue weighted by Crippen LogP contribution is -2.64. The molecule has 2 aliphatic rings. The van der Waals surface area contributed by atoms with Gasteiger partial charge >= 0.3 is 30.6 Å². The molecule has 2 saturated heterocycles. The van der Waals surface area contributed by atoms with Crippen molar-refractivity contribution in [3.8, 4) is 12.1 Å². The van der Waals surface area contributed by atoms with Crippen LogP contribution in [0.2, 0.25) is 0 Å². The van der Waals surface area contributed by atoms with Crippen LogP contribution in [0.5, 0.6) is 0 Å². The van der Waals surface area contributed by atoms with E-state index in [-0.39, 0.29) is 25.8 Å². The Morgan fingerprint density at radius 1 is 0.680 bits per heavy atom.